The van der Waals surface area contributed by atoms with Gasteiger partial charge in [-0.25, -0.2) is 0 Å². The molecule has 0 spiro atoms. The Morgan fingerprint density at radius 1 is 1.25 bits per heavy atom. The van der Waals surface area contributed by atoms with E-state index in [1.54, 1.807) is 7.11 Å². The number of hydrogen-bond acceptors (Lipinski definition) is 3. The van der Waals surface area contributed by atoms with Crippen LogP contribution in [-0.2, 0) is 0 Å². The molecule has 0 aromatic heterocycles. The van der Waals surface area contributed by atoms with Crippen molar-refractivity contribution >= 4 is 0 Å². The highest BCUT2D eigenvalue weighted by Gasteiger charge is 2.16. The highest BCUT2D eigenvalue weighted by Crippen LogP contribution is 2.20. The third-order valence-electron chi connectivity index (χ3n) is 3.13. The van der Waals surface area contributed by atoms with Crippen molar-refractivity contribution in [3.63, 3.8) is 0 Å². The summed E-state index contributed by atoms with van der Waals surface area (Å²) in [5, 5.41) is 10.1. The van der Waals surface area contributed by atoms with E-state index in [0.29, 0.717) is 0 Å². The van der Waals surface area contributed by atoms with Crippen molar-refractivity contribution in [1.82, 2.24) is 4.90 Å². The molecule has 88 valence electrons. The topological polar surface area (TPSA) is 32.7 Å². The van der Waals surface area contributed by atoms with Crippen LogP contribution in [0, 0.1) is 0 Å². The van der Waals surface area contributed by atoms with Gasteiger partial charge in [0.25, 0.3) is 0 Å². The Labute approximate surface area is 96.6 Å². The molecule has 1 aliphatic heterocycles. The predicted molar refractivity (Wildman–Crippen MR) is 63.6 cm³/mol. The van der Waals surface area contributed by atoms with E-state index >= 15 is 0 Å². The molecule has 3 nitrogen and oxygen atoms in total. The number of hydrogen-bond donors (Lipinski definition) is 1. The molecule has 1 atom stereocenters. The first kappa shape index (κ1) is 11.4. The summed E-state index contributed by atoms with van der Waals surface area (Å²) in [6.07, 6.45) is 2.13. The molecular weight excluding hydrogens is 202 g/mol. The molecule has 0 aliphatic carbocycles. The van der Waals surface area contributed by atoms with E-state index in [4.69, 9.17) is 4.74 Å². The molecular formula is C13H19NO2. The summed E-state index contributed by atoms with van der Waals surface area (Å²) < 4.78 is 5.09. The van der Waals surface area contributed by atoms with E-state index < -0.39 is 0 Å². The van der Waals surface area contributed by atoms with Crippen molar-refractivity contribution in [2.45, 2.75) is 18.9 Å². The van der Waals surface area contributed by atoms with Gasteiger partial charge in [-0.05, 0) is 43.6 Å². The van der Waals surface area contributed by atoms with E-state index in [-0.39, 0.29) is 6.10 Å². The second kappa shape index (κ2) is 5.32. The highest BCUT2D eigenvalue weighted by atomic mass is 16.5. The Bertz CT molecular complexity index is 317. The minimum Gasteiger partial charge on any atom is -0.497 e. The van der Waals surface area contributed by atoms with Crippen molar-refractivity contribution in [1.29, 1.82) is 0 Å². The molecule has 0 bridgehead atoms. The van der Waals surface area contributed by atoms with Crippen molar-refractivity contribution in [2.24, 2.45) is 0 Å². The molecule has 1 fully saturated rings. The van der Waals surface area contributed by atoms with Gasteiger partial charge in [-0.1, -0.05) is 12.1 Å². The zero-order valence-corrected chi connectivity index (χ0v) is 9.72. The van der Waals surface area contributed by atoms with E-state index in [9.17, 15) is 5.11 Å². The van der Waals surface area contributed by atoms with Gasteiger partial charge in [-0.3, -0.25) is 0 Å². The molecule has 1 saturated heterocycles. The smallest absolute Gasteiger partial charge is 0.118 e. The molecule has 1 heterocycles. The minimum absolute atomic E-state index is 0.385. The first-order chi connectivity index (χ1) is 7.79. The normalized spacial score (nSPS) is 18.6. The van der Waals surface area contributed by atoms with Gasteiger partial charge in [0, 0.05) is 6.54 Å². The molecule has 1 unspecified atom stereocenters. The summed E-state index contributed by atoms with van der Waals surface area (Å²) in [4.78, 5) is 2.31. The lowest BCUT2D eigenvalue weighted by molar-refractivity contribution is 0.126. The molecule has 3 heteroatoms. The maximum atomic E-state index is 10.1. The molecule has 0 amide bonds. The third-order valence-corrected chi connectivity index (χ3v) is 3.13. The summed E-state index contributed by atoms with van der Waals surface area (Å²) in [5.41, 5.74) is 0.965. The molecule has 0 saturated carbocycles. The molecule has 2 rings (SSSR count). The van der Waals surface area contributed by atoms with Crippen molar-refractivity contribution in [3.05, 3.63) is 29.8 Å². The van der Waals surface area contributed by atoms with Crippen LogP contribution in [0.3, 0.4) is 0 Å². The number of β-amino-alcohol motifs (C(OH)–C–C–N with tert-alkyl or cyclic N) is 1. The van der Waals surface area contributed by atoms with E-state index in [1.807, 2.05) is 24.3 Å². The Morgan fingerprint density at radius 2 is 1.88 bits per heavy atom. The first-order valence-electron chi connectivity index (χ1n) is 5.84. The molecule has 1 aromatic rings. The monoisotopic (exact) mass is 221 g/mol. The fourth-order valence-electron chi connectivity index (χ4n) is 2.14. The number of aliphatic hydroxyl groups is 1. The number of benzene rings is 1. The lowest BCUT2D eigenvalue weighted by atomic mass is 10.1. The Balaban J connectivity index is 1.94. The van der Waals surface area contributed by atoms with Crippen LogP contribution < -0.4 is 4.74 Å². The van der Waals surface area contributed by atoms with Gasteiger partial charge in [0.05, 0.1) is 13.2 Å². The van der Waals surface area contributed by atoms with E-state index in [0.717, 1.165) is 30.9 Å². The van der Waals surface area contributed by atoms with Crippen molar-refractivity contribution in [2.75, 3.05) is 26.7 Å². The van der Waals surface area contributed by atoms with Crippen molar-refractivity contribution < 1.29 is 9.84 Å². The number of nitrogens with zero attached hydrogens (tertiary/aromatic N) is 1. The minimum atomic E-state index is -0.385. The quantitative estimate of drug-likeness (QED) is 0.842. The lowest BCUT2D eigenvalue weighted by Gasteiger charge is -2.19. The zero-order chi connectivity index (χ0) is 11.4. The van der Waals surface area contributed by atoms with Gasteiger partial charge in [0.2, 0.25) is 0 Å². The number of aliphatic hydroxyl groups excluding tert-OH is 1. The van der Waals surface area contributed by atoms with Crippen LogP contribution >= 0.6 is 0 Å². The maximum absolute atomic E-state index is 10.1. The first-order valence-corrected chi connectivity index (χ1v) is 5.84. The van der Waals surface area contributed by atoms with Gasteiger partial charge < -0.3 is 14.7 Å². The Hall–Kier alpha value is -1.06. The fraction of sp³-hybridized carbons (Fsp3) is 0.538. The fourth-order valence-corrected chi connectivity index (χ4v) is 2.14. The van der Waals surface area contributed by atoms with Gasteiger partial charge in [-0.2, -0.15) is 0 Å². The molecule has 1 N–H and O–H groups in total. The standard InChI is InChI=1S/C13H19NO2/c1-16-12-6-4-11(5-7-12)13(15)10-14-8-2-3-9-14/h4-7,13,15H,2-3,8-10H2,1H3. The van der Waals surface area contributed by atoms with E-state index in [1.165, 1.54) is 12.8 Å². The average molecular weight is 221 g/mol. The maximum Gasteiger partial charge on any atom is 0.118 e. The number of likely N-dealkylation sites (tertiary alicyclic amines) is 1. The highest BCUT2D eigenvalue weighted by molar-refractivity contribution is 5.28. The Morgan fingerprint density at radius 3 is 2.44 bits per heavy atom. The van der Waals surface area contributed by atoms with Crippen LogP contribution in [0.2, 0.25) is 0 Å². The zero-order valence-electron chi connectivity index (χ0n) is 9.72. The SMILES string of the molecule is COc1ccc(C(O)CN2CCCC2)cc1. The number of methoxy groups -OCH3 is 1. The van der Waals surface area contributed by atoms with Gasteiger partial charge in [0.1, 0.15) is 5.75 Å². The summed E-state index contributed by atoms with van der Waals surface area (Å²) >= 11 is 0. The molecule has 16 heavy (non-hydrogen) atoms. The largest absolute Gasteiger partial charge is 0.497 e. The van der Waals surface area contributed by atoms with Gasteiger partial charge >= 0.3 is 0 Å². The average Bonchev–Trinajstić information content (AvgIpc) is 2.82. The van der Waals surface area contributed by atoms with Crippen LogP contribution in [0.25, 0.3) is 0 Å². The van der Waals surface area contributed by atoms with Crippen LogP contribution in [0.4, 0.5) is 0 Å². The summed E-state index contributed by atoms with van der Waals surface area (Å²) in [6, 6.07) is 7.64. The van der Waals surface area contributed by atoms with Crippen LogP contribution in [0.5, 0.6) is 5.75 Å². The molecule has 0 radical (unpaired) electrons. The summed E-state index contributed by atoms with van der Waals surface area (Å²) in [7, 11) is 1.65. The Kier molecular flexibility index (Phi) is 3.80. The van der Waals surface area contributed by atoms with Gasteiger partial charge in [0.15, 0.2) is 0 Å². The second-order valence-electron chi connectivity index (χ2n) is 4.30. The van der Waals surface area contributed by atoms with Gasteiger partial charge in [-0.15, -0.1) is 0 Å². The molecule has 1 aliphatic rings. The van der Waals surface area contributed by atoms with Crippen molar-refractivity contribution in [3.8, 4) is 5.75 Å². The predicted octanol–water partition coefficient (Wildman–Crippen LogP) is 1.82. The number of rotatable bonds is 4. The van der Waals surface area contributed by atoms with Crippen LogP contribution in [-0.4, -0.2) is 36.8 Å². The number of ether oxygens (including phenoxy) is 1. The van der Waals surface area contributed by atoms with Crippen LogP contribution in [0.1, 0.15) is 24.5 Å². The second-order valence-corrected chi connectivity index (χ2v) is 4.30. The molecule has 1 aromatic carbocycles. The van der Waals surface area contributed by atoms with Crippen LogP contribution in [0.15, 0.2) is 24.3 Å². The third kappa shape index (κ3) is 2.74. The van der Waals surface area contributed by atoms with E-state index in [2.05, 4.69) is 4.90 Å². The summed E-state index contributed by atoms with van der Waals surface area (Å²) in [5.74, 6) is 0.831. The summed E-state index contributed by atoms with van der Waals surface area (Å²) in [6.45, 7) is 2.98. The lowest BCUT2D eigenvalue weighted by Crippen LogP contribution is -2.25.